The highest BCUT2D eigenvalue weighted by Crippen LogP contribution is 2.29. The van der Waals surface area contributed by atoms with Crippen molar-refractivity contribution in [1.29, 1.82) is 0 Å². The van der Waals surface area contributed by atoms with Crippen LogP contribution in [0.15, 0.2) is 29.7 Å². The van der Waals surface area contributed by atoms with Crippen LogP contribution in [0.2, 0.25) is 0 Å². The van der Waals surface area contributed by atoms with Crippen LogP contribution in [-0.2, 0) is 4.79 Å². The molecule has 2 heterocycles. The summed E-state index contributed by atoms with van der Waals surface area (Å²) in [6.45, 7) is 0.00163. The van der Waals surface area contributed by atoms with E-state index in [0.29, 0.717) is 22.2 Å². The van der Waals surface area contributed by atoms with Crippen molar-refractivity contribution in [3.63, 3.8) is 0 Å². The molecule has 0 bridgehead atoms. The van der Waals surface area contributed by atoms with Gasteiger partial charge in [0, 0.05) is 5.56 Å². The maximum atomic E-state index is 12.1. The van der Waals surface area contributed by atoms with E-state index >= 15 is 0 Å². The molecule has 102 valence electrons. The number of rotatable bonds is 4. The van der Waals surface area contributed by atoms with Crippen molar-refractivity contribution in [3.05, 3.63) is 30.1 Å². The van der Waals surface area contributed by atoms with Crippen molar-refractivity contribution in [1.82, 2.24) is 15.2 Å². The number of nitrogens with one attached hydrogen (secondary N) is 2. The summed E-state index contributed by atoms with van der Waals surface area (Å²) in [5, 5.41) is 9.64. The first kappa shape index (κ1) is 12.7. The lowest BCUT2D eigenvalue weighted by Crippen LogP contribution is -2.25. The standard InChI is InChI=1S/C12H10N4O3S/c17-9(5-20-12-13-6-14-16-12)7-1-2-10-8(3-7)15-11(18)4-19-10/h1-3,6H,4-5H2,(H,15,18)(H,13,14,16). The van der Waals surface area contributed by atoms with Crippen LogP contribution in [-0.4, -0.2) is 39.2 Å². The monoisotopic (exact) mass is 290 g/mol. The molecule has 1 aliphatic heterocycles. The molecule has 1 aromatic heterocycles. The minimum Gasteiger partial charge on any atom is -0.482 e. The number of anilines is 1. The first-order valence-electron chi connectivity index (χ1n) is 5.80. The Hall–Kier alpha value is -2.35. The van der Waals surface area contributed by atoms with E-state index in [1.54, 1.807) is 18.2 Å². The van der Waals surface area contributed by atoms with Crippen LogP contribution in [0.5, 0.6) is 5.75 Å². The van der Waals surface area contributed by atoms with Crippen molar-refractivity contribution < 1.29 is 14.3 Å². The Kier molecular flexibility index (Phi) is 3.38. The molecule has 2 N–H and O–H groups in total. The molecule has 0 saturated carbocycles. The second-order valence-corrected chi connectivity index (χ2v) is 5.01. The maximum absolute atomic E-state index is 12.1. The molecule has 0 atom stereocenters. The maximum Gasteiger partial charge on any atom is 0.262 e. The number of benzene rings is 1. The molecule has 1 aliphatic rings. The lowest BCUT2D eigenvalue weighted by Gasteiger charge is -2.18. The van der Waals surface area contributed by atoms with E-state index in [2.05, 4.69) is 20.5 Å². The Morgan fingerprint density at radius 1 is 1.45 bits per heavy atom. The summed E-state index contributed by atoms with van der Waals surface area (Å²) in [7, 11) is 0. The number of H-pyrrole nitrogens is 1. The van der Waals surface area contributed by atoms with Gasteiger partial charge in [-0.1, -0.05) is 11.8 Å². The predicted octanol–water partition coefficient (Wildman–Crippen LogP) is 1.11. The number of carbonyl (C=O) groups excluding carboxylic acids is 2. The molecular weight excluding hydrogens is 280 g/mol. The van der Waals surface area contributed by atoms with Crippen LogP contribution >= 0.6 is 11.8 Å². The van der Waals surface area contributed by atoms with Crippen LogP contribution in [0.1, 0.15) is 10.4 Å². The number of nitrogens with zero attached hydrogens (tertiary/aromatic N) is 2. The summed E-state index contributed by atoms with van der Waals surface area (Å²) in [5.74, 6) is 0.527. The van der Waals surface area contributed by atoms with Gasteiger partial charge in [0.05, 0.1) is 11.4 Å². The number of amides is 1. The Bertz CT molecular complexity index is 657. The third-order valence-corrected chi connectivity index (χ3v) is 3.54. The number of ketones is 1. The summed E-state index contributed by atoms with van der Waals surface area (Å²) in [4.78, 5) is 27.2. The van der Waals surface area contributed by atoms with Gasteiger partial charge in [0.25, 0.3) is 5.91 Å². The van der Waals surface area contributed by atoms with Crippen LogP contribution in [0.25, 0.3) is 0 Å². The van der Waals surface area contributed by atoms with E-state index < -0.39 is 0 Å². The molecule has 0 saturated heterocycles. The molecule has 1 amide bonds. The largest absolute Gasteiger partial charge is 0.482 e. The number of carbonyl (C=O) groups is 2. The molecule has 0 fully saturated rings. The summed E-state index contributed by atoms with van der Waals surface area (Å²) >= 11 is 1.27. The molecule has 0 aliphatic carbocycles. The van der Waals surface area contributed by atoms with Crippen LogP contribution in [0.4, 0.5) is 5.69 Å². The van der Waals surface area contributed by atoms with Crippen molar-refractivity contribution in [2.45, 2.75) is 5.16 Å². The highest BCUT2D eigenvalue weighted by molar-refractivity contribution is 7.99. The van der Waals surface area contributed by atoms with E-state index in [-0.39, 0.29) is 24.1 Å². The zero-order valence-electron chi connectivity index (χ0n) is 10.3. The zero-order chi connectivity index (χ0) is 13.9. The summed E-state index contributed by atoms with van der Waals surface area (Å²) < 4.78 is 5.24. The average Bonchev–Trinajstić information content (AvgIpc) is 2.97. The number of hydrogen-bond acceptors (Lipinski definition) is 6. The molecule has 0 unspecified atom stereocenters. The minimum atomic E-state index is -0.224. The highest BCUT2D eigenvalue weighted by atomic mass is 32.2. The number of thioether (sulfide) groups is 1. The molecule has 7 nitrogen and oxygen atoms in total. The fourth-order valence-electron chi connectivity index (χ4n) is 1.74. The lowest BCUT2D eigenvalue weighted by atomic mass is 10.1. The van der Waals surface area contributed by atoms with E-state index in [1.165, 1.54) is 18.1 Å². The predicted molar refractivity (Wildman–Crippen MR) is 72.0 cm³/mol. The van der Waals surface area contributed by atoms with Crippen molar-refractivity contribution in [2.24, 2.45) is 0 Å². The minimum absolute atomic E-state index is 0.00163. The van der Waals surface area contributed by atoms with Crippen molar-refractivity contribution in [2.75, 3.05) is 17.7 Å². The Morgan fingerprint density at radius 3 is 3.15 bits per heavy atom. The molecule has 1 aromatic carbocycles. The number of aromatic amines is 1. The molecule has 0 radical (unpaired) electrons. The number of aromatic nitrogens is 3. The lowest BCUT2D eigenvalue weighted by molar-refractivity contribution is -0.118. The SMILES string of the molecule is O=C1COc2ccc(C(=O)CSc3ncn[nH]3)cc2N1. The van der Waals surface area contributed by atoms with Gasteiger partial charge in [-0.25, -0.2) is 4.98 Å². The summed E-state index contributed by atoms with van der Waals surface area (Å²) in [6.07, 6.45) is 1.39. The van der Waals surface area contributed by atoms with Crippen molar-refractivity contribution in [3.8, 4) is 5.75 Å². The fraction of sp³-hybridized carbons (Fsp3) is 0.167. The van der Waals surface area contributed by atoms with Crippen LogP contribution in [0, 0.1) is 0 Å². The average molecular weight is 290 g/mol. The molecule has 3 rings (SSSR count). The van der Waals surface area contributed by atoms with Gasteiger partial charge in [-0.3, -0.25) is 14.7 Å². The Labute approximate surface area is 118 Å². The zero-order valence-corrected chi connectivity index (χ0v) is 11.1. The van der Waals surface area contributed by atoms with Gasteiger partial charge in [-0.15, -0.1) is 0 Å². The number of ether oxygens (including phenoxy) is 1. The van der Waals surface area contributed by atoms with Crippen molar-refractivity contribution >= 4 is 29.1 Å². The topological polar surface area (TPSA) is 97.0 Å². The van der Waals surface area contributed by atoms with Gasteiger partial charge in [-0.2, -0.15) is 5.10 Å². The highest BCUT2D eigenvalue weighted by Gasteiger charge is 2.18. The van der Waals surface area contributed by atoms with Gasteiger partial charge in [0.2, 0.25) is 0 Å². The first-order chi connectivity index (χ1) is 9.72. The Morgan fingerprint density at radius 2 is 2.35 bits per heavy atom. The van der Waals surface area contributed by atoms with Gasteiger partial charge < -0.3 is 10.1 Å². The number of hydrogen-bond donors (Lipinski definition) is 2. The molecular formula is C12H10N4O3S. The van der Waals surface area contributed by atoms with Crippen LogP contribution in [0.3, 0.4) is 0 Å². The summed E-state index contributed by atoms with van der Waals surface area (Å²) in [5.41, 5.74) is 1.04. The van der Waals surface area contributed by atoms with Gasteiger partial charge >= 0.3 is 0 Å². The molecule has 20 heavy (non-hydrogen) atoms. The van der Waals surface area contributed by atoms with E-state index in [0.717, 1.165) is 0 Å². The van der Waals surface area contributed by atoms with E-state index in [4.69, 9.17) is 4.74 Å². The second-order valence-electron chi connectivity index (χ2n) is 4.05. The molecule has 0 spiro atoms. The van der Waals surface area contributed by atoms with Gasteiger partial charge in [0.1, 0.15) is 12.1 Å². The number of Topliss-reactive ketones (excluding diaryl/α,β-unsaturated/α-hetero) is 1. The smallest absolute Gasteiger partial charge is 0.262 e. The second kappa shape index (κ2) is 5.33. The van der Waals surface area contributed by atoms with E-state index in [9.17, 15) is 9.59 Å². The summed E-state index contributed by atoms with van der Waals surface area (Å²) in [6, 6.07) is 4.98. The fourth-order valence-corrected chi connectivity index (χ4v) is 2.41. The third kappa shape index (κ3) is 2.64. The molecule has 2 aromatic rings. The third-order valence-electron chi connectivity index (χ3n) is 2.67. The first-order valence-corrected chi connectivity index (χ1v) is 6.79. The normalized spacial score (nSPS) is 13.3. The van der Waals surface area contributed by atoms with Gasteiger partial charge in [-0.05, 0) is 18.2 Å². The van der Waals surface area contributed by atoms with Crippen LogP contribution < -0.4 is 10.1 Å². The Balaban J connectivity index is 1.72. The molecule has 8 heteroatoms. The van der Waals surface area contributed by atoms with E-state index in [1.807, 2.05) is 0 Å². The number of fused-ring (bicyclic) bond motifs is 1. The van der Waals surface area contributed by atoms with Gasteiger partial charge in [0.15, 0.2) is 17.5 Å². The quantitative estimate of drug-likeness (QED) is 0.646.